The van der Waals surface area contributed by atoms with Crippen molar-refractivity contribution in [1.82, 2.24) is 5.32 Å². The van der Waals surface area contributed by atoms with Gasteiger partial charge in [-0.05, 0) is 38.6 Å². The fraction of sp³-hybridized carbons (Fsp3) is 0.875. The van der Waals surface area contributed by atoms with Gasteiger partial charge in [0, 0.05) is 6.54 Å². The summed E-state index contributed by atoms with van der Waals surface area (Å²) in [6.45, 7) is 9.31. The summed E-state index contributed by atoms with van der Waals surface area (Å²) < 4.78 is 0. The Balaban J connectivity index is 2.46. The zero-order valence-corrected chi connectivity index (χ0v) is 12.1. The third-order valence-electron chi connectivity index (χ3n) is 4.08. The minimum atomic E-state index is 0.865. The van der Waals surface area contributed by atoms with E-state index in [0.717, 1.165) is 12.5 Å². The summed E-state index contributed by atoms with van der Waals surface area (Å²) in [4.78, 5) is 0. The average molecular weight is 237 g/mol. The van der Waals surface area contributed by atoms with Gasteiger partial charge in [0.2, 0.25) is 0 Å². The van der Waals surface area contributed by atoms with Crippen LogP contribution < -0.4 is 5.32 Å². The van der Waals surface area contributed by atoms with Crippen LogP contribution in [0.15, 0.2) is 11.1 Å². The highest BCUT2D eigenvalue weighted by atomic mass is 14.9. The molecule has 0 aliphatic carbocycles. The summed E-state index contributed by atoms with van der Waals surface area (Å²) in [5.74, 6) is 0.865. The van der Waals surface area contributed by atoms with Crippen LogP contribution in [0, 0.1) is 5.92 Å². The molecule has 0 bridgehead atoms. The van der Waals surface area contributed by atoms with Gasteiger partial charge in [-0.15, -0.1) is 0 Å². The van der Waals surface area contributed by atoms with Crippen molar-refractivity contribution in [1.29, 1.82) is 0 Å². The van der Waals surface area contributed by atoms with Crippen LogP contribution >= 0.6 is 0 Å². The Morgan fingerprint density at radius 2 is 1.88 bits per heavy atom. The first kappa shape index (κ1) is 14.8. The lowest BCUT2D eigenvalue weighted by Crippen LogP contribution is -2.28. The molecule has 1 atom stereocenters. The van der Waals surface area contributed by atoms with Crippen molar-refractivity contribution in [2.75, 3.05) is 13.1 Å². The van der Waals surface area contributed by atoms with Crippen LogP contribution in [0.1, 0.15) is 72.1 Å². The van der Waals surface area contributed by atoms with E-state index in [2.05, 4.69) is 26.1 Å². The third-order valence-corrected chi connectivity index (χ3v) is 4.08. The molecule has 0 saturated heterocycles. The standard InChI is InChI=1S/C16H31N/c1-4-6-7-8-10-15(9-5-2)16-13-17-12-11-14(16)3/h15,17H,4-13H2,1-3H3. The molecular weight excluding hydrogens is 206 g/mol. The van der Waals surface area contributed by atoms with Gasteiger partial charge in [0.05, 0.1) is 0 Å². The van der Waals surface area contributed by atoms with Crippen molar-refractivity contribution in [2.45, 2.75) is 72.1 Å². The lowest BCUT2D eigenvalue weighted by atomic mass is 9.84. The predicted octanol–water partition coefficient (Wildman–Crippen LogP) is 4.68. The van der Waals surface area contributed by atoms with E-state index in [0.29, 0.717) is 0 Å². The fourth-order valence-corrected chi connectivity index (χ4v) is 2.96. The molecule has 1 unspecified atom stereocenters. The Labute approximate surface area is 108 Å². The molecule has 0 aromatic carbocycles. The number of hydrogen-bond donors (Lipinski definition) is 1. The first-order valence-corrected chi connectivity index (χ1v) is 7.68. The molecule has 17 heavy (non-hydrogen) atoms. The zero-order valence-electron chi connectivity index (χ0n) is 12.1. The lowest BCUT2D eigenvalue weighted by Gasteiger charge is -2.27. The van der Waals surface area contributed by atoms with Crippen molar-refractivity contribution < 1.29 is 0 Å². The average Bonchev–Trinajstić information content (AvgIpc) is 2.34. The molecule has 0 fully saturated rings. The molecule has 0 amide bonds. The van der Waals surface area contributed by atoms with E-state index in [-0.39, 0.29) is 0 Å². The second-order valence-corrected chi connectivity index (χ2v) is 5.57. The molecule has 1 N–H and O–H groups in total. The van der Waals surface area contributed by atoms with Gasteiger partial charge in [-0.2, -0.15) is 0 Å². The minimum Gasteiger partial charge on any atom is -0.313 e. The topological polar surface area (TPSA) is 12.0 Å². The van der Waals surface area contributed by atoms with Crippen molar-refractivity contribution >= 4 is 0 Å². The Morgan fingerprint density at radius 3 is 2.53 bits per heavy atom. The minimum absolute atomic E-state index is 0.865. The summed E-state index contributed by atoms with van der Waals surface area (Å²) in [6, 6.07) is 0. The molecule has 1 aliphatic heterocycles. The Kier molecular flexibility index (Phi) is 7.59. The summed E-state index contributed by atoms with van der Waals surface area (Å²) in [5.41, 5.74) is 3.42. The van der Waals surface area contributed by atoms with Gasteiger partial charge in [-0.25, -0.2) is 0 Å². The van der Waals surface area contributed by atoms with E-state index in [1.54, 1.807) is 11.1 Å². The van der Waals surface area contributed by atoms with Crippen molar-refractivity contribution in [3.63, 3.8) is 0 Å². The molecule has 100 valence electrons. The number of nitrogens with one attached hydrogen (secondary N) is 1. The van der Waals surface area contributed by atoms with Crippen LogP contribution in [0.4, 0.5) is 0 Å². The molecule has 1 heterocycles. The maximum absolute atomic E-state index is 3.55. The van der Waals surface area contributed by atoms with E-state index in [1.807, 2.05) is 0 Å². The Morgan fingerprint density at radius 1 is 1.06 bits per heavy atom. The number of unbranched alkanes of at least 4 members (excludes halogenated alkanes) is 3. The van der Waals surface area contributed by atoms with Gasteiger partial charge in [-0.3, -0.25) is 0 Å². The van der Waals surface area contributed by atoms with Crippen molar-refractivity contribution in [2.24, 2.45) is 5.92 Å². The maximum atomic E-state index is 3.55. The molecule has 0 aromatic rings. The molecule has 0 aromatic heterocycles. The molecule has 0 radical (unpaired) electrons. The second-order valence-electron chi connectivity index (χ2n) is 5.57. The van der Waals surface area contributed by atoms with Gasteiger partial charge in [0.1, 0.15) is 0 Å². The van der Waals surface area contributed by atoms with Crippen LogP contribution in [0.25, 0.3) is 0 Å². The molecule has 1 heteroatoms. The third kappa shape index (κ3) is 5.25. The normalized spacial score (nSPS) is 18.5. The van der Waals surface area contributed by atoms with Crippen molar-refractivity contribution in [3.05, 3.63) is 11.1 Å². The van der Waals surface area contributed by atoms with Crippen LogP contribution in [-0.4, -0.2) is 13.1 Å². The van der Waals surface area contributed by atoms with Crippen LogP contribution in [0.2, 0.25) is 0 Å². The van der Waals surface area contributed by atoms with E-state index >= 15 is 0 Å². The quantitative estimate of drug-likeness (QED) is 0.477. The SMILES string of the molecule is CCCCCCC(CCC)C1=C(C)CCNC1. The highest BCUT2D eigenvalue weighted by Crippen LogP contribution is 2.28. The number of rotatable bonds is 8. The van der Waals surface area contributed by atoms with E-state index < -0.39 is 0 Å². The summed E-state index contributed by atoms with van der Waals surface area (Å²) in [7, 11) is 0. The Bertz CT molecular complexity index is 230. The summed E-state index contributed by atoms with van der Waals surface area (Å²) in [6.07, 6.45) is 11.0. The Hall–Kier alpha value is -0.300. The van der Waals surface area contributed by atoms with Gasteiger partial charge >= 0.3 is 0 Å². The van der Waals surface area contributed by atoms with Gasteiger partial charge in [0.25, 0.3) is 0 Å². The molecule has 1 nitrogen and oxygen atoms in total. The largest absolute Gasteiger partial charge is 0.313 e. The lowest BCUT2D eigenvalue weighted by molar-refractivity contribution is 0.449. The summed E-state index contributed by atoms with van der Waals surface area (Å²) >= 11 is 0. The van der Waals surface area contributed by atoms with Crippen molar-refractivity contribution in [3.8, 4) is 0 Å². The maximum Gasteiger partial charge on any atom is 0.0170 e. The van der Waals surface area contributed by atoms with Crippen LogP contribution in [0.3, 0.4) is 0 Å². The first-order chi connectivity index (χ1) is 8.29. The first-order valence-electron chi connectivity index (χ1n) is 7.68. The molecule has 1 aliphatic rings. The zero-order chi connectivity index (χ0) is 12.5. The van der Waals surface area contributed by atoms with Crippen LogP contribution in [-0.2, 0) is 0 Å². The predicted molar refractivity (Wildman–Crippen MR) is 77.3 cm³/mol. The highest BCUT2D eigenvalue weighted by molar-refractivity contribution is 5.19. The van der Waals surface area contributed by atoms with E-state index in [9.17, 15) is 0 Å². The van der Waals surface area contributed by atoms with Gasteiger partial charge < -0.3 is 5.32 Å². The van der Waals surface area contributed by atoms with Crippen LogP contribution in [0.5, 0.6) is 0 Å². The molecular formula is C16H31N. The number of hydrogen-bond acceptors (Lipinski definition) is 1. The highest BCUT2D eigenvalue weighted by Gasteiger charge is 2.17. The fourth-order valence-electron chi connectivity index (χ4n) is 2.96. The molecule has 0 spiro atoms. The van der Waals surface area contributed by atoms with E-state index in [1.165, 1.54) is 57.9 Å². The second kappa shape index (κ2) is 8.74. The van der Waals surface area contributed by atoms with Gasteiger partial charge in [-0.1, -0.05) is 57.1 Å². The molecule has 0 saturated carbocycles. The smallest absolute Gasteiger partial charge is 0.0170 e. The summed E-state index contributed by atoms with van der Waals surface area (Å²) in [5, 5.41) is 3.55. The monoisotopic (exact) mass is 237 g/mol. The van der Waals surface area contributed by atoms with Gasteiger partial charge in [0.15, 0.2) is 0 Å². The van der Waals surface area contributed by atoms with E-state index in [4.69, 9.17) is 0 Å². The molecule has 1 rings (SSSR count).